The molecule has 1 saturated carbocycles. The maximum atomic E-state index is 12.8. The van der Waals surface area contributed by atoms with Gasteiger partial charge < -0.3 is 4.90 Å². The van der Waals surface area contributed by atoms with Crippen molar-refractivity contribution in [3.05, 3.63) is 65.7 Å². The molecule has 2 aromatic carbocycles. The molecule has 0 bridgehead atoms. The molecular weight excluding hydrogens is 266 g/mol. The Bertz CT molecular complexity index is 651. The Labute approximate surface area is 122 Å². The van der Waals surface area contributed by atoms with Gasteiger partial charge in [0.15, 0.2) is 0 Å². The van der Waals surface area contributed by atoms with Gasteiger partial charge in [-0.25, -0.2) is 0 Å². The molecule has 2 nitrogen and oxygen atoms in total. The van der Waals surface area contributed by atoms with Gasteiger partial charge >= 0.3 is 0 Å². The molecule has 2 aromatic rings. The minimum atomic E-state index is 0.117. The lowest BCUT2D eigenvalue weighted by Crippen LogP contribution is -2.38. The zero-order valence-corrected chi connectivity index (χ0v) is 11.8. The van der Waals surface area contributed by atoms with Crippen LogP contribution >= 0.6 is 11.8 Å². The molecule has 2 aliphatic rings. The number of benzene rings is 2. The van der Waals surface area contributed by atoms with Gasteiger partial charge in [0, 0.05) is 10.9 Å². The summed E-state index contributed by atoms with van der Waals surface area (Å²) < 4.78 is 0. The summed E-state index contributed by atoms with van der Waals surface area (Å²) in [6.07, 6.45) is 2.27. The number of rotatable bonds is 2. The SMILES string of the molecule is O=C1c2ccccc2SC(c2ccccc2)N1C1CC1. The second-order valence-corrected chi connectivity index (χ2v) is 6.44. The van der Waals surface area contributed by atoms with E-state index in [1.807, 2.05) is 36.4 Å². The van der Waals surface area contributed by atoms with Crippen LogP contribution in [0.4, 0.5) is 0 Å². The van der Waals surface area contributed by atoms with Crippen LogP contribution in [0.25, 0.3) is 0 Å². The van der Waals surface area contributed by atoms with Gasteiger partial charge in [-0.1, -0.05) is 54.2 Å². The predicted octanol–water partition coefficient (Wildman–Crippen LogP) is 4.10. The molecule has 1 aliphatic heterocycles. The first kappa shape index (κ1) is 12.0. The highest BCUT2D eigenvalue weighted by atomic mass is 32.2. The van der Waals surface area contributed by atoms with Crippen LogP contribution in [0.15, 0.2) is 59.5 Å². The van der Waals surface area contributed by atoms with Gasteiger partial charge in [0.25, 0.3) is 5.91 Å². The zero-order chi connectivity index (χ0) is 13.5. The Morgan fingerprint density at radius 3 is 2.40 bits per heavy atom. The number of nitrogens with zero attached hydrogens (tertiary/aromatic N) is 1. The van der Waals surface area contributed by atoms with Crippen molar-refractivity contribution in [2.45, 2.75) is 29.2 Å². The molecule has 1 atom stereocenters. The first-order chi connectivity index (χ1) is 9.84. The molecule has 0 saturated heterocycles. The second kappa shape index (κ2) is 4.67. The number of amides is 1. The first-order valence-electron chi connectivity index (χ1n) is 6.98. The number of carbonyl (C=O) groups is 1. The maximum Gasteiger partial charge on any atom is 0.256 e. The summed E-state index contributed by atoms with van der Waals surface area (Å²) in [5, 5.41) is 0.117. The highest BCUT2D eigenvalue weighted by Gasteiger charge is 2.42. The maximum absolute atomic E-state index is 12.8. The van der Waals surface area contributed by atoms with E-state index >= 15 is 0 Å². The molecule has 20 heavy (non-hydrogen) atoms. The third kappa shape index (κ3) is 1.93. The number of hydrogen-bond acceptors (Lipinski definition) is 2. The molecule has 0 spiro atoms. The monoisotopic (exact) mass is 281 g/mol. The van der Waals surface area contributed by atoms with E-state index in [9.17, 15) is 4.79 Å². The van der Waals surface area contributed by atoms with Gasteiger partial charge in [-0.2, -0.15) is 0 Å². The van der Waals surface area contributed by atoms with Crippen LogP contribution in [0.1, 0.15) is 34.1 Å². The van der Waals surface area contributed by atoms with Gasteiger partial charge in [0.05, 0.1) is 5.56 Å². The molecular formula is C17H15NOS. The number of hydrogen-bond donors (Lipinski definition) is 0. The molecule has 1 aliphatic carbocycles. The van der Waals surface area contributed by atoms with E-state index in [0.717, 1.165) is 23.3 Å². The Morgan fingerprint density at radius 2 is 1.65 bits per heavy atom. The zero-order valence-electron chi connectivity index (χ0n) is 11.0. The normalized spacial score (nSPS) is 21.7. The lowest BCUT2D eigenvalue weighted by Gasteiger charge is -2.36. The Morgan fingerprint density at radius 1 is 0.950 bits per heavy atom. The Hall–Kier alpha value is -1.74. The molecule has 1 heterocycles. The van der Waals surface area contributed by atoms with Crippen molar-refractivity contribution in [1.82, 2.24) is 4.90 Å². The molecule has 1 fully saturated rings. The van der Waals surface area contributed by atoms with Crippen LogP contribution in [0.3, 0.4) is 0 Å². The molecule has 3 heteroatoms. The number of thioether (sulfide) groups is 1. The van der Waals surface area contributed by atoms with Crippen LogP contribution in [0.5, 0.6) is 0 Å². The van der Waals surface area contributed by atoms with Crippen molar-refractivity contribution in [2.75, 3.05) is 0 Å². The predicted molar refractivity (Wildman–Crippen MR) is 80.7 cm³/mol. The Kier molecular flexibility index (Phi) is 2.81. The summed E-state index contributed by atoms with van der Waals surface area (Å²) in [7, 11) is 0. The van der Waals surface area contributed by atoms with E-state index < -0.39 is 0 Å². The van der Waals surface area contributed by atoms with Gasteiger partial charge in [-0.05, 0) is 30.5 Å². The van der Waals surface area contributed by atoms with Gasteiger partial charge in [0.2, 0.25) is 0 Å². The minimum Gasteiger partial charge on any atom is -0.319 e. The van der Waals surface area contributed by atoms with Crippen molar-refractivity contribution in [3.63, 3.8) is 0 Å². The van der Waals surface area contributed by atoms with Crippen LogP contribution in [-0.2, 0) is 0 Å². The van der Waals surface area contributed by atoms with Gasteiger partial charge in [0.1, 0.15) is 5.37 Å². The quantitative estimate of drug-likeness (QED) is 0.826. The topological polar surface area (TPSA) is 20.3 Å². The third-order valence-electron chi connectivity index (χ3n) is 3.87. The molecule has 1 unspecified atom stereocenters. The molecule has 0 radical (unpaired) electrons. The summed E-state index contributed by atoms with van der Waals surface area (Å²) in [6.45, 7) is 0. The molecule has 0 N–H and O–H groups in total. The van der Waals surface area contributed by atoms with Crippen LogP contribution in [0, 0.1) is 0 Å². The standard InChI is InChI=1S/C17H15NOS/c19-16-14-8-4-5-9-15(14)20-17(18(16)13-10-11-13)12-6-2-1-3-7-12/h1-9,13,17H,10-11H2. The summed E-state index contributed by atoms with van der Waals surface area (Å²) >= 11 is 1.80. The smallest absolute Gasteiger partial charge is 0.256 e. The van der Waals surface area contributed by atoms with Crippen LogP contribution < -0.4 is 0 Å². The highest BCUT2D eigenvalue weighted by Crippen LogP contribution is 2.48. The highest BCUT2D eigenvalue weighted by molar-refractivity contribution is 7.99. The van der Waals surface area contributed by atoms with Crippen molar-refractivity contribution in [2.24, 2.45) is 0 Å². The minimum absolute atomic E-state index is 0.117. The number of fused-ring (bicyclic) bond motifs is 1. The summed E-state index contributed by atoms with van der Waals surface area (Å²) in [5.41, 5.74) is 2.07. The van der Waals surface area contributed by atoms with Crippen LogP contribution in [0.2, 0.25) is 0 Å². The third-order valence-corrected chi connectivity index (χ3v) is 5.20. The fourth-order valence-electron chi connectivity index (χ4n) is 2.73. The van der Waals surface area contributed by atoms with Crippen molar-refractivity contribution < 1.29 is 4.79 Å². The van der Waals surface area contributed by atoms with E-state index in [-0.39, 0.29) is 11.3 Å². The van der Waals surface area contributed by atoms with Crippen molar-refractivity contribution in [3.8, 4) is 0 Å². The molecule has 4 rings (SSSR count). The first-order valence-corrected chi connectivity index (χ1v) is 7.86. The summed E-state index contributed by atoms with van der Waals surface area (Å²) in [6, 6.07) is 18.7. The van der Waals surface area contributed by atoms with Crippen molar-refractivity contribution >= 4 is 17.7 Å². The van der Waals surface area contributed by atoms with E-state index in [2.05, 4.69) is 23.1 Å². The van der Waals surface area contributed by atoms with Crippen LogP contribution in [-0.4, -0.2) is 16.8 Å². The van der Waals surface area contributed by atoms with E-state index in [1.165, 1.54) is 5.56 Å². The fourth-order valence-corrected chi connectivity index (χ4v) is 4.08. The summed E-state index contributed by atoms with van der Waals surface area (Å²) in [4.78, 5) is 16.0. The molecule has 100 valence electrons. The van der Waals surface area contributed by atoms with E-state index in [4.69, 9.17) is 0 Å². The van der Waals surface area contributed by atoms with Gasteiger partial charge in [-0.15, -0.1) is 0 Å². The molecule has 0 aromatic heterocycles. The lowest BCUT2D eigenvalue weighted by atomic mass is 10.1. The lowest BCUT2D eigenvalue weighted by molar-refractivity contribution is 0.0712. The second-order valence-electron chi connectivity index (χ2n) is 5.32. The average molecular weight is 281 g/mol. The Balaban J connectivity index is 1.80. The summed E-state index contributed by atoms with van der Waals surface area (Å²) in [5.74, 6) is 0.190. The van der Waals surface area contributed by atoms with Crippen molar-refractivity contribution in [1.29, 1.82) is 0 Å². The fraction of sp³-hybridized carbons (Fsp3) is 0.235. The van der Waals surface area contributed by atoms with E-state index in [0.29, 0.717) is 6.04 Å². The molecule has 1 amide bonds. The largest absolute Gasteiger partial charge is 0.319 e. The number of carbonyl (C=O) groups excluding carboxylic acids is 1. The average Bonchev–Trinajstić information content (AvgIpc) is 3.33. The van der Waals surface area contributed by atoms with Gasteiger partial charge in [-0.3, -0.25) is 4.79 Å². The van der Waals surface area contributed by atoms with E-state index in [1.54, 1.807) is 11.8 Å².